The van der Waals surface area contributed by atoms with Crippen molar-refractivity contribution in [3.63, 3.8) is 0 Å². The number of carbonyl (C=O) groups excluding carboxylic acids is 1. The number of nitro benzene ring substituents is 1. The Labute approximate surface area is 134 Å². The average Bonchev–Trinajstić information content (AvgIpc) is 3.20. The van der Waals surface area contributed by atoms with Crippen molar-refractivity contribution in [1.29, 1.82) is 0 Å². The molecule has 0 aromatic heterocycles. The third-order valence-corrected chi connectivity index (χ3v) is 4.15. The van der Waals surface area contributed by atoms with Crippen molar-refractivity contribution >= 4 is 11.8 Å². The van der Waals surface area contributed by atoms with E-state index in [1.54, 1.807) is 17.0 Å². The number of hydrogen-bond donors (Lipinski definition) is 0. The largest absolute Gasteiger partial charge is 0.444 e. The molecule has 7 heteroatoms. The maximum atomic E-state index is 12.1. The Morgan fingerprint density at radius 2 is 2.22 bits per heavy atom. The van der Waals surface area contributed by atoms with Crippen molar-refractivity contribution in [1.82, 2.24) is 4.90 Å². The molecule has 2 aliphatic rings. The van der Waals surface area contributed by atoms with Crippen LogP contribution in [0.2, 0.25) is 0 Å². The summed E-state index contributed by atoms with van der Waals surface area (Å²) < 4.78 is 11.2. The fraction of sp³-hybridized carbons (Fsp3) is 0.562. The van der Waals surface area contributed by atoms with Crippen LogP contribution < -0.4 is 0 Å². The molecule has 2 aliphatic heterocycles. The van der Waals surface area contributed by atoms with Crippen LogP contribution >= 0.6 is 0 Å². The van der Waals surface area contributed by atoms with Crippen LogP contribution in [-0.2, 0) is 15.1 Å². The second-order valence-electron chi connectivity index (χ2n) is 6.98. The molecule has 0 bridgehead atoms. The van der Waals surface area contributed by atoms with E-state index in [1.165, 1.54) is 6.07 Å². The summed E-state index contributed by atoms with van der Waals surface area (Å²) in [5, 5.41) is 10.9. The highest BCUT2D eigenvalue weighted by Crippen LogP contribution is 2.52. The standard InChI is InChI=1S/C16H20N2O5/c1-15(2,3)23-14(19)17-8-7-16(13(10-17)22-16)11-5-4-6-12(9-11)18(20)21/h4-6,9,13H,7-8,10H2,1-3H3/t13-,16-/m0/s1. The van der Waals surface area contributed by atoms with E-state index in [4.69, 9.17) is 9.47 Å². The maximum Gasteiger partial charge on any atom is 0.410 e. The van der Waals surface area contributed by atoms with Gasteiger partial charge in [0.25, 0.3) is 5.69 Å². The van der Waals surface area contributed by atoms with E-state index in [1.807, 2.05) is 26.8 Å². The van der Waals surface area contributed by atoms with Crippen molar-refractivity contribution in [3.05, 3.63) is 39.9 Å². The first-order chi connectivity index (χ1) is 10.7. The molecule has 1 amide bonds. The number of nitrogens with zero attached hydrogens (tertiary/aromatic N) is 2. The molecule has 0 N–H and O–H groups in total. The van der Waals surface area contributed by atoms with Gasteiger partial charge >= 0.3 is 6.09 Å². The van der Waals surface area contributed by atoms with Crippen molar-refractivity contribution in [2.75, 3.05) is 13.1 Å². The fourth-order valence-electron chi connectivity index (χ4n) is 2.99. The number of carbonyl (C=O) groups is 1. The van der Waals surface area contributed by atoms with E-state index in [0.717, 1.165) is 5.56 Å². The van der Waals surface area contributed by atoms with Gasteiger partial charge in [0.2, 0.25) is 0 Å². The van der Waals surface area contributed by atoms with E-state index in [9.17, 15) is 14.9 Å². The molecule has 0 radical (unpaired) electrons. The van der Waals surface area contributed by atoms with Crippen molar-refractivity contribution in [2.45, 2.75) is 44.5 Å². The number of non-ortho nitro benzene ring substituents is 1. The Morgan fingerprint density at radius 1 is 1.48 bits per heavy atom. The summed E-state index contributed by atoms with van der Waals surface area (Å²) in [7, 11) is 0. The van der Waals surface area contributed by atoms with E-state index in [2.05, 4.69) is 0 Å². The Bertz CT molecular complexity index is 654. The normalized spacial score (nSPS) is 26.4. The quantitative estimate of drug-likeness (QED) is 0.475. The third kappa shape index (κ3) is 3.01. The van der Waals surface area contributed by atoms with Gasteiger partial charge < -0.3 is 14.4 Å². The lowest BCUT2D eigenvalue weighted by Gasteiger charge is -2.31. The second kappa shape index (κ2) is 5.19. The molecule has 0 saturated carbocycles. The number of nitro groups is 1. The highest BCUT2D eigenvalue weighted by Gasteiger charge is 2.61. The number of hydrogen-bond acceptors (Lipinski definition) is 5. The number of fused-ring (bicyclic) bond motifs is 1. The zero-order valence-electron chi connectivity index (χ0n) is 13.4. The van der Waals surface area contributed by atoms with Crippen LogP contribution in [0, 0.1) is 10.1 Å². The maximum absolute atomic E-state index is 12.1. The van der Waals surface area contributed by atoms with Gasteiger partial charge in [0.05, 0.1) is 11.5 Å². The number of epoxide rings is 1. The van der Waals surface area contributed by atoms with Crippen molar-refractivity contribution in [2.24, 2.45) is 0 Å². The summed E-state index contributed by atoms with van der Waals surface area (Å²) in [6.07, 6.45) is 0.129. The number of benzene rings is 1. The predicted octanol–water partition coefficient (Wildman–Crippen LogP) is 2.83. The van der Waals surface area contributed by atoms with Gasteiger partial charge in [0, 0.05) is 25.1 Å². The van der Waals surface area contributed by atoms with E-state index >= 15 is 0 Å². The van der Waals surface area contributed by atoms with E-state index in [-0.39, 0.29) is 17.9 Å². The lowest BCUT2D eigenvalue weighted by Crippen LogP contribution is -2.44. The Hall–Kier alpha value is -2.15. The molecule has 2 fully saturated rings. The lowest BCUT2D eigenvalue weighted by atomic mass is 9.89. The minimum atomic E-state index is -0.532. The smallest absolute Gasteiger partial charge is 0.410 e. The van der Waals surface area contributed by atoms with Crippen LogP contribution in [0.4, 0.5) is 10.5 Å². The Balaban J connectivity index is 1.70. The van der Waals surface area contributed by atoms with E-state index in [0.29, 0.717) is 19.5 Å². The topological polar surface area (TPSA) is 85.2 Å². The molecule has 124 valence electrons. The molecular formula is C16H20N2O5. The summed E-state index contributed by atoms with van der Waals surface area (Å²) in [5.74, 6) is 0. The first-order valence-electron chi connectivity index (χ1n) is 7.62. The molecule has 1 aromatic rings. The first kappa shape index (κ1) is 15.7. The number of likely N-dealkylation sites (tertiary alicyclic amines) is 1. The SMILES string of the molecule is CC(C)(C)OC(=O)N1CC[C@@]2(c3cccc([N+](=O)[O-])c3)O[C@H]2C1. The minimum Gasteiger partial charge on any atom is -0.444 e. The molecule has 7 nitrogen and oxygen atoms in total. The molecule has 2 heterocycles. The van der Waals surface area contributed by atoms with Crippen LogP contribution in [0.1, 0.15) is 32.8 Å². The molecule has 2 saturated heterocycles. The van der Waals surface area contributed by atoms with Crippen LogP contribution in [0.3, 0.4) is 0 Å². The molecule has 0 unspecified atom stereocenters. The fourth-order valence-corrected chi connectivity index (χ4v) is 2.99. The highest BCUT2D eigenvalue weighted by atomic mass is 16.6. The molecule has 0 aliphatic carbocycles. The molecular weight excluding hydrogens is 300 g/mol. The van der Waals surface area contributed by atoms with Crippen molar-refractivity contribution in [3.8, 4) is 0 Å². The second-order valence-corrected chi connectivity index (χ2v) is 6.98. The van der Waals surface area contributed by atoms with Gasteiger partial charge in [-0.3, -0.25) is 10.1 Å². The zero-order valence-corrected chi connectivity index (χ0v) is 13.4. The van der Waals surface area contributed by atoms with Gasteiger partial charge in [-0.05, 0) is 26.3 Å². The van der Waals surface area contributed by atoms with Crippen LogP contribution in [0.5, 0.6) is 0 Å². The molecule has 23 heavy (non-hydrogen) atoms. The van der Waals surface area contributed by atoms with Gasteiger partial charge in [-0.15, -0.1) is 0 Å². The molecule has 1 aromatic carbocycles. The number of ether oxygens (including phenoxy) is 2. The molecule has 0 spiro atoms. The summed E-state index contributed by atoms with van der Waals surface area (Å²) in [6, 6.07) is 6.54. The minimum absolute atomic E-state index is 0.0562. The van der Waals surface area contributed by atoms with E-state index < -0.39 is 16.1 Å². The third-order valence-electron chi connectivity index (χ3n) is 4.15. The monoisotopic (exact) mass is 320 g/mol. The highest BCUT2D eigenvalue weighted by molar-refractivity contribution is 5.68. The molecule has 2 atom stereocenters. The van der Waals surface area contributed by atoms with Crippen LogP contribution in [0.15, 0.2) is 24.3 Å². The summed E-state index contributed by atoms with van der Waals surface area (Å²) in [6.45, 7) is 6.44. The summed E-state index contributed by atoms with van der Waals surface area (Å²) in [5.41, 5.74) is -0.165. The average molecular weight is 320 g/mol. The van der Waals surface area contributed by atoms with Gasteiger partial charge in [-0.2, -0.15) is 0 Å². The van der Waals surface area contributed by atoms with Crippen LogP contribution in [-0.4, -0.2) is 40.7 Å². The Kier molecular flexibility index (Phi) is 3.55. The predicted molar refractivity (Wildman–Crippen MR) is 82.1 cm³/mol. The molecule has 3 rings (SSSR count). The summed E-state index contributed by atoms with van der Waals surface area (Å²) in [4.78, 5) is 24.3. The summed E-state index contributed by atoms with van der Waals surface area (Å²) >= 11 is 0. The van der Waals surface area contributed by atoms with Crippen LogP contribution in [0.25, 0.3) is 0 Å². The van der Waals surface area contributed by atoms with Gasteiger partial charge in [0.15, 0.2) is 0 Å². The van der Waals surface area contributed by atoms with Crippen molar-refractivity contribution < 1.29 is 19.2 Å². The lowest BCUT2D eigenvalue weighted by molar-refractivity contribution is -0.385. The number of piperidine rings is 1. The van der Waals surface area contributed by atoms with Gasteiger partial charge in [-0.25, -0.2) is 4.79 Å². The number of rotatable bonds is 2. The van der Waals surface area contributed by atoms with Gasteiger partial charge in [0.1, 0.15) is 17.3 Å². The first-order valence-corrected chi connectivity index (χ1v) is 7.62. The zero-order chi connectivity index (χ0) is 16.8. The van der Waals surface area contributed by atoms with Gasteiger partial charge in [-0.1, -0.05) is 12.1 Å². The number of amides is 1. The Morgan fingerprint density at radius 3 is 2.83 bits per heavy atom.